The van der Waals surface area contributed by atoms with Gasteiger partial charge in [0.15, 0.2) is 0 Å². The SMILES string of the molecule is C=C[C@@H]1CC1(NC(=O)[C@@H]1C[C@@H](Oc2nc3ccccc3nc2-c2cccs2)CN1C(=O)C(C(C)C)N(O)C(=O)CCc1ccc(OC)cc1)C(=O)O. The molecule has 3 amide bonds. The Labute approximate surface area is 304 Å². The number of aromatic nitrogens is 2. The quantitative estimate of drug-likeness (QED) is 0.0937. The maximum Gasteiger partial charge on any atom is 0.330 e. The first-order valence-corrected chi connectivity index (χ1v) is 17.9. The van der Waals surface area contributed by atoms with Crippen LogP contribution in [0.5, 0.6) is 11.6 Å². The van der Waals surface area contributed by atoms with Gasteiger partial charge >= 0.3 is 5.97 Å². The Bertz CT molecular complexity index is 1970. The number of thiophene rings is 1. The van der Waals surface area contributed by atoms with Gasteiger partial charge in [-0.1, -0.05) is 50.3 Å². The van der Waals surface area contributed by atoms with Crippen LogP contribution in [0.4, 0.5) is 0 Å². The third-order valence-corrected chi connectivity index (χ3v) is 10.5. The molecule has 272 valence electrons. The molecule has 1 aliphatic heterocycles. The minimum atomic E-state index is -1.54. The molecule has 2 aromatic carbocycles. The van der Waals surface area contributed by atoms with E-state index in [0.717, 1.165) is 10.4 Å². The number of amides is 3. The Morgan fingerprint density at radius 1 is 1.10 bits per heavy atom. The summed E-state index contributed by atoms with van der Waals surface area (Å²) in [5, 5.41) is 26.3. The zero-order valence-electron chi connectivity index (χ0n) is 29.1. The molecule has 1 saturated carbocycles. The number of para-hydroxylation sites is 2. The predicted octanol–water partition coefficient (Wildman–Crippen LogP) is 4.74. The molecule has 0 spiro atoms. The molecular weight excluding hydrogens is 687 g/mol. The number of aliphatic carboxylic acids is 1. The second kappa shape index (κ2) is 15.1. The smallest absolute Gasteiger partial charge is 0.330 e. The van der Waals surface area contributed by atoms with Gasteiger partial charge in [-0.05, 0) is 60.0 Å². The van der Waals surface area contributed by atoms with Gasteiger partial charge in [0.05, 0.1) is 29.6 Å². The molecule has 1 aliphatic carbocycles. The Hall–Kier alpha value is -5.34. The lowest BCUT2D eigenvalue weighted by molar-refractivity contribution is -0.188. The van der Waals surface area contributed by atoms with Crippen molar-refractivity contribution in [2.75, 3.05) is 13.7 Å². The van der Waals surface area contributed by atoms with Crippen molar-refractivity contribution in [1.82, 2.24) is 25.2 Å². The van der Waals surface area contributed by atoms with Crippen LogP contribution >= 0.6 is 11.3 Å². The number of nitrogens with one attached hydrogen (secondary N) is 1. The summed E-state index contributed by atoms with van der Waals surface area (Å²) in [5.74, 6) is -3.38. The molecule has 4 aromatic rings. The van der Waals surface area contributed by atoms with Crippen molar-refractivity contribution in [2.45, 2.75) is 63.3 Å². The molecule has 14 heteroatoms. The van der Waals surface area contributed by atoms with Gasteiger partial charge in [0.1, 0.15) is 35.2 Å². The first-order valence-electron chi connectivity index (χ1n) is 17.0. The second-order valence-electron chi connectivity index (χ2n) is 13.4. The summed E-state index contributed by atoms with van der Waals surface area (Å²) < 4.78 is 11.7. The van der Waals surface area contributed by atoms with Gasteiger partial charge in [-0.3, -0.25) is 19.6 Å². The number of carbonyl (C=O) groups excluding carboxylic acids is 3. The molecule has 6 rings (SSSR count). The number of fused-ring (bicyclic) bond motifs is 1. The van der Waals surface area contributed by atoms with E-state index < -0.39 is 59.3 Å². The number of hydrogen-bond acceptors (Lipinski definition) is 10. The van der Waals surface area contributed by atoms with Gasteiger partial charge in [-0.2, -0.15) is 0 Å². The fraction of sp³-hybridized carbons (Fsp3) is 0.368. The van der Waals surface area contributed by atoms with E-state index in [-0.39, 0.29) is 31.7 Å². The van der Waals surface area contributed by atoms with E-state index in [9.17, 15) is 29.5 Å². The molecule has 2 aromatic heterocycles. The van der Waals surface area contributed by atoms with Gasteiger partial charge in [0, 0.05) is 18.8 Å². The highest BCUT2D eigenvalue weighted by Gasteiger charge is 2.61. The summed E-state index contributed by atoms with van der Waals surface area (Å²) in [6, 6.07) is 15.8. The van der Waals surface area contributed by atoms with E-state index in [1.807, 2.05) is 47.8 Å². The molecule has 13 nitrogen and oxygen atoms in total. The van der Waals surface area contributed by atoms with E-state index in [2.05, 4.69) is 11.9 Å². The summed E-state index contributed by atoms with van der Waals surface area (Å²) >= 11 is 1.46. The van der Waals surface area contributed by atoms with Gasteiger partial charge in [-0.15, -0.1) is 17.9 Å². The van der Waals surface area contributed by atoms with Crippen molar-refractivity contribution in [1.29, 1.82) is 0 Å². The van der Waals surface area contributed by atoms with Crippen LogP contribution in [0.3, 0.4) is 0 Å². The van der Waals surface area contributed by atoms with Crippen molar-refractivity contribution in [3.05, 3.63) is 84.3 Å². The molecule has 52 heavy (non-hydrogen) atoms. The van der Waals surface area contributed by atoms with Crippen LogP contribution in [-0.4, -0.2) is 91.3 Å². The maximum atomic E-state index is 14.4. The third-order valence-electron chi connectivity index (χ3n) is 9.64. The number of aryl methyl sites for hydroxylation is 1. The lowest BCUT2D eigenvalue weighted by Gasteiger charge is -2.34. The van der Waals surface area contributed by atoms with E-state index in [0.29, 0.717) is 34.0 Å². The fourth-order valence-electron chi connectivity index (χ4n) is 6.65. The average molecular weight is 728 g/mol. The van der Waals surface area contributed by atoms with Crippen LogP contribution in [-0.2, 0) is 25.6 Å². The van der Waals surface area contributed by atoms with E-state index in [1.165, 1.54) is 22.3 Å². The monoisotopic (exact) mass is 727 g/mol. The van der Waals surface area contributed by atoms with Crippen LogP contribution in [0.15, 0.2) is 78.7 Å². The second-order valence-corrected chi connectivity index (χ2v) is 14.4. The maximum absolute atomic E-state index is 14.4. The van der Waals surface area contributed by atoms with Crippen LogP contribution in [0.2, 0.25) is 0 Å². The highest BCUT2D eigenvalue weighted by Crippen LogP contribution is 2.45. The van der Waals surface area contributed by atoms with Crippen LogP contribution in [0.1, 0.15) is 38.7 Å². The molecule has 5 atom stereocenters. The Morgan fingerprint density at radius 2 is 1.81 bits per heavy atom. The lowest BCUT2D eigenvalue weighted by atomic mass is 10.0. The lowest BCUT2D eigenvalue weighted by Crippen LogP contribution is -2.57. The van der Waals surface area contributed by atoms with E-state index in [4.69, 9.17) is 19.4 Å². The number of ether oxygens (including phenoxy) is 2. The summed E-state index contributed by atoms with van der Waals surface area (Å²) in [5.41, 5.74) is 1.06. The summed E-state index contributed by atoms with van der Waals surface area (Å²) in [7, 11) is 1.56. The number of methoxy groups -OCH3 is 1. The van der Waals surface area contributed by atoms with Crippen molar-refractivity contribution in [3.63, 3.8) is 0 Å². The number of rotatable bonds is 14. The zero-order chi connectivity index (χ0) is 37.2. The van der Waals surface area contributed by atoms with E-state index >= 15 is 0 Å². The molecule has 2 unspecified atom stereocenters. The number of likely N-dealkylation sites (tertiary alicyclic amines) is 1. The molecule has 2 fully saturated rings. The predicted molar refractivity (Wildman–Crippen MR) is 193 cm³/mol. The number of hydroxylamine groups is 2. The number of carboxylic acid groups (broad SMARTS) is 1. The molecule has 0 bridgehead atoms. The van der Waals surface area contributed by atoms with Crippen LogP contribution < -0.4 is 14.8 Å². The van der Waals surface area contributed by atoms with Gasteiger partial charge in [0.2, 0.25) is 23.6 Å². The minimum absolute atomic E-state index is 0.00786. The molecule has 2 aliphatic rings. The van der Waals surface area contributed by atoms with Crippen molar-refractivity contribution >= 4 is 46.1 Å². The van der Waals surface area contributed by atoms with Gasteiger partial charge in [-0.25, -0.2) is 19.8 Å². The topological polar surface area (TPSA) is 171 Å². The normalized spacial score (nSPS) is 21.4. The number of carbonyl (C=O) groups is 4. The first kappa shape index (κ1) is 36.5. The Morgan fingerprint density at radius 3 is 2.40 bits per heavy atom. The molecule has 0 radical (unpaired) electrons. The number of hydrogen-bond donors (Lipinski definition) is 3. The highest BCUT2D eigenvalue weighted by atomic mass is 32.1. The molecule has 3 heterocycles. The molecular formula is C38H41N5O8S. The van der Waals surface area contributed by atoms with Crippen LogP contribution in [0.25, 0.3) is 21.6 Å². The highest BCUT2D eigenvalue weighted by molar-refractivity contribution is 7.13. The number of benzene rings is 2. The minimum Gasteiger partial charge on any atom is -0.497 e. The first-order chi connectivity index (χ1) is 24.9. The number of nitrogens with zero attached hydrogens (tertiary/aromatic N) is 4. The molecule has 1 saturated heterocycles. The zero-order valence-corrected chi connectivity index (χ0v) is 29.9. The third kappa shape index (κ3) is 7.34. The fourth-order valence-corrected chi connectivity index (χ4v) is 7.35. The summed E-state index contributed by atoms with van der Waals surface area (Å²) in [4.78, 5) is 65.6. The Balaban J connectivity index is 1.27. The summed E-state index contributed by atoms with van der Waals surface area (Å²) in [6.45, 7) is 6.98. The largest absolute Gasteiger partial charge is 0.497 e. The van der Waals surface area contributed by atoms with Crippen molar-refractivity contribution < 1.29 is 39.0 Å². The van der Waals surface area contributed by atoms with Crippen molar-refractivity contribution in [3.8, 4) is 22.2 Å². The van der Waals surface area contributed by atoms with Gasteiger partial charge in [0.25, 0.3) is 0 Å². The Kier molecular flexibility index (Phi) is 10.6. The average Bonchev–Trinajstić information content (AvgIpc) is 3.42. The summed E-state index contributed by atoms with van der Waals surface area (Å²) in [6.07, 6.45) is 1.10. The molecule has 3 N–H and O–H groups in total. The number of carboxylic acids is 1. The standard InChI is InChI=1S/C38H41N5O8S/c1-5-24-20-38(24,37(47)48)41-34(45)29-19-26(51-35-32(30-11-8-18-52-30)39-27-9-6-7-10-28(27)40-35)21-42(29)36(46)33(22(2)3)43(49)31(44)17-14-23-12-15-25(50-4)16-13-23/h5-13,15-16,18,22,24,26,29,33,49H,1,14,17,19-21H2,2-4H3,(H,41,45)(H,47,48)/t24-,26-,29+,33?,38?/m1/s1. The van der Waals surface area contributed by atoms with Gasteiger partial charge < -0.3 is 24.8 Å². The van der Waals surface area contributed by atoms with Crippen LogP contribution in [0, 0.1) is 11.8 Å². The van der Waals surface area contributed by atoms with E-state index in [1.54, 1.807) is 39.2 Å². The van der Waals surface area contributed by atoms with Crippen molar-refractivity contribution in [2.24, 2.45) is 11.8 Å².